The van der Waals surface area contributed by atoms with Gasteiger partial charge in [-0.2, -0.15) is 11.8 Å². The molecule has 0 spiro atoms. The van der Waals surface area contributed by atoms with E-state index in [1.807, 2.05) is 78.6 Å². The van der Waals surface area contributed by atoms with Gasteiger partial charge in [0.1, 0.15) is 0 Å². The van der Waals surface area contributed by atoms with Gasteiger partial charge in [-0.05, 0) is 47.5 Å². The van der Waals surface area contributed by atoms with E-state index >= 15 is 0 Å². The number of nitrogens with one attached hydrogen (secondary N) is 2. The van der Waals surface area contributed by atoms with Gasteiger partial charge in [-0.3, -0.25) is 9.69 Å². The molecule has 1 fully saturated rings. The molecule has 0 saturated carbocycles. The predicted octanol–water partition coefficient (Wildman–Crippen LogP) is 5.93. The third-order valence-electron chi connectivity index (χ3n) is 7.33. The molecule has 0 aliphatic carbocycles. The lowest BCUT2D eigenvalue weighted by atomic mass is 10.0. The van der Waals surface area contributed by atoms with Gasteiger partial charge in [-0.25, -0.2) is 4.98 Å². The van der Waals surface area contributed by atoms with Crippen LogP contribution in [0.4, 0.5) is 0 Å². The number of carbonyl (C=O) groups excluding carboxylic acids is 1. The fourth-order valence-electron chi connectivity index (χ4n) is 5.02. The molecular formula is C33H30BrN5OS. The summed E-state index contributed by atoms with van der Waals surface area (Å²) in [5, 5.41) is 4.93. The summed E-state index contributed by atoms with van der Waals surface area (Å²) in [6.07, 6.45) is 1.95. The normalized spacial score (nSPS) is 13.7. The Balaban J connectivity index is 1.36. The Kier molecular flexibility index (Phi) is 8.40. The van der Waals surface area contributed by atoms with E-state index in [2.05, 4.69) is 49.0 Å². The zero-order valence-electron chi connectivity index (χ0n) is 22.5. The van der Waals surface area contributed by atoms with Crippen molar-refractivity contribution >= 4 is 55.4 Å². The highest BCUT2D eigenvalue weighted by Crippen LogP contribution is 2.32. The molecule has 6 rings (SSSR count). The lowest BCUT2D eigenvalue weighted by Crippen LogP contribution is -2.32. The summed E-state index contributed by atoms with van der Waals surface area (Å²) in [5.41, 5.74) is 12.7. The lowest BCUT2D eigenvalue weighted by Gasteiger charge is -2.23. The SMILES string of the molecule is NCc1ccc(CNC(=O)c2cc(-c3c[nH]c4ccc(Br)cc34)nc3cc(C#CCN4CCSCC4)ccc23)cc1. The number of benzene rings is 3. The maximum absolute atomic E-state index is 13.6. The summed E-state index contributed by atoms with van der Waals surface area (Å²) in [4.78, 5) is 24.4. The van der Waals surface area contributed by atoms with Crippen LogP contribution in [0.15, 0.2) is 77.4 Å². The number of nitrogens with two attached hydrogens (primary N) is 1. The number of carbonyl (C=O) groups is 1. The highest BCUT2D eigenvalue weighted by molar-refractivity contribution is 9.10. The molecule has 1 saturated heterocycles. The number of pyridine rings is 1. The van der Waals surface area contributed by atoms with Crippen LogP contribution in [0.2, 0.25) is 0 Å². The van der Waals surface area contributed by atoms with E-state index in [1.54, 1.807) is 0 Å². The van der Waals surface area contributed by atoms with Crippen molar-refractivity contribution in [1.82, 2.24) is 20.2 Å². The third-order valence-corrected chi connectivity index (χ3v) is 8.76. The van der Waals surface area contributed by atoms with Gasteiger partial charge in [-0.1, -0.05) is 58.1 Å². The first-order valence-electron chi connectivity index (χ1n) is 13.6. The van der Waals surface area contributed by atoms with Gasteiger partial charge in [-0.15, -0.1) is 0 Å². The Morgan fingerprint density at radius 3 is 2.63 bits per heavy atom. The largest absolute Gasteiger partial charge is 0.360 e. The van der Waals surface area contributed by atoms with Gasteiger partial charge < -0.3 is 16.0 Å². The molecular weight excluding hydrogens is 594 g/mol. The molecule has 0 unspecified atom stereocenters. The van der Waals surface area contributed by atoms with Crippen molar-refractivity contribution in [1.29, 1.82) is 0 Å². The lowest BCUT2D eigenvalue weighted by molar-refractivity contribution is 0.0952. The van der Waals surface area contributed by atoms with Crippen LogP contribution in [0, 0.1) is 11.8 Å². The minimum atomic E-state index is -0.149. The number of H-pyrrole nitrogens is 1. The molecule has 41 heavy (non-hydrogen) atoms. The number of thioether (sulfide) groups is 1. The monoisotopic (exact) mass is 623 g/mol. The van der Waals surface area contributed by atoms with Crippen LogP contribution in [0.3, 0.4) is 0 Å². The number of fused-ring (bicyclic) bond motifs is 2. The first kappa shape index (κ1) is 27.6. The number of nitrogens with zero attached hydrogens (tertiary/aromatic N) is 2. The molecule has 1 aliphatic heterocycles. The molecule has 4 N–H and O–H groups in total. The third kappa shape index (κ3) is 6.34. The molecule has 0 bridgehead atoms. The number of halogens is 1. The second-order valence-electron chi connectivity index (χ2n) is 10.1. The average molecular weight is 625 g/mol. The summed E-state index contributed by atoms with van der Waals surface area (Å²) in [6, 6.07) is 21.9. The zero-order chi connectivity index (χ0) is 28.2. The molecule has 8 heteroatoms. The smallest absolute Gasteiger partial charge is 0.252 e. The van der Waals surface area contributed by atoms with E-state index in [-0.39, 0.29) is 5.91 Å². The van der Waals surface area contributed by atoms with Crippen molar-refractivity contribution in [2.45, 2.75) is 13.1 Å². The van der Waals surface area contributed by atoms with Crippen molar-refractivity contribution in [3.63, 3.8) is 0 Å². The summed E-state index contributed by atoms with van der Waals surface area (Å²) in [6.45, 7) is 3.83. The number of rotatable bonds is 6. The Morgan fingerprint density at radius 2 is 1.83 bits per heavy atom. The van der Waals surface area contributed by atoms with Crippen LogP contribution in [0.1, 0.15) is 27.0 Å². The predicted molar refractivity (Wildman–Crippen MR) is 173 cm³/mol. The van der Waals surface area contributed by atoms with Gasteiger partial charge in [0.2, 0.25) is 0 Å². The Morgan fingerprint density at radius 1 is 1.02 bits per heavy atom. The van der Waals surface area contributed by atoms with Crippen molar-refractivity contribution in [3.05, 3.63) is 99.7 Å². The maximum atomic E-state index is 13.6. The number of amides is 1. The molecule has 5 aromatic rings. The summed E-state index contributed by atoms with van der Waals surface area (Å²) in [5.74, 6) is 8.84. The van der Waals surface area contributed by atoms with E-state index in [4.69, 9.17) is 10.7 Å². The van der Waals surface area contributed by atoms with Gasteiger partial charge in [0.05, 0.1) is 23.3 Å². The number of aromatic amines is 1. The maximum Gasteiger partial charge on any atom is 0.252 e. The molecule has 1 aliphatic rings. The van der Waals surface area contributed by atoms with E-state index in [0.717, 1.165) is 73.9 Å². The summed E-state index contributed by atoms with van der Waals surface area (Å²) >= 11 is 5.59. The zero-order valence-corrected chi connectivity index (χ0v) is 24.9. The van der Waals surface area contributed by atoms with Gasteiger partial charge in [0.15, 0.2) is 0 Å². The molecule has 3 aromatic carbocycles. The van der Waals surface area contributed by atoms with Crippen molar-refractivity contribution in [2.24, 2.45) is 5.73 Å². The minimum absolute atomic E-state index is 0.149. The van der Waals surface area contributed by atoms with E-state index in [1.165, 1.54) is 11.5 Å². The van der Waals surface area contributed by atoms with Crippen LogP contribution in [-0.4, -0.2) is 51.9 Å². The molecule has 0 atom stereocenters. The highest BCUT2D eigenvalue weighted by Gasteiger charge is 2.17. The van der Waals surface area contributed by atoms with Crippen LogP contribution in [0.25, 0.3) is 33.1 Å². The summed E-state index contributed by atoms with van der Waals surface area (Å²) in [7, 11) is 0. The molecule has 6 nitrogen and oxygen atoms in total. The molecule has 2 aromatic heterocycles. The molecule has 3 heterocycles. The fourth-order valence-corrected chi connectivity index (χ4v) is 6.36. The van der Waals surface area contributed by atoms with E-state index in [0.29, 0.717) is 18.7 Å². The van der Waals surface area contributed by atoms with Crippen LogP contribution in [0.5, 0.6) is 0 Å². The second kappa shape index (κ2) is 12.5. The molecule has 1 amide bonds. The topological polar surface area (TPSA) is 87.0 Å². The van der Waals surface area contributed by atoms with E-state index in [9.17, 15) is 4.79 Å². The Hall–Kier alpha value is -3.61. The second-order valence-corrected chi connectivity index (χ2v) is 12.2. The van der Waals surface area contributed by atoms with Crippen molar-refractivity contribution < 1.29 is 4.79 Å². The fraction of sp³-hybridized carbons (Fsp3) is 0.212. The number of hydrogen-bond acceptors (Lipinski definition) is 5. The Bertz CT molecular complexity index is 1780. The molecule has 206 valence electrons. The molecule has 0 radical (unpaired) electrons. The van der Waals surface area contributed by atoms with Crippen LogP contribution >= 0.6 is 27.7 Å². The van der Waals surface area contributed by atoms with Gasteiger partial charge in [0.25, 0.3) is 5.91 Å². The first-order valence-corrected chi connectivity index (χ1v) is 15.6. The average Bonchev–Trinajstić information content (AvgIpc) is 3.43. The quantitative estimate of drug-likeness (QED) is 0.204. The van der Waals surface area contributed by atoms with Gasteiger partial charge >= 0.3 is 0 Å². The Labute approximate surface area is 252 Å². The van der Waals surface area contributed by atoms with Crippen LogP contribution in [-0.2, 0) is 13.1 Å². The van der Waals surface area contributed by atoms with Crippen molar-refractivity contribution in [3.8, 4) is 23.1 Å². The number of aromatic nitrogens is 2. The van der Waals surface area contributed by atoms with E-state index < -0.39 is 0 Å². The minimum Gasteiger partial charge on any atom is -0.360 e. The van der Waals surface area contributed by atoms with Crippen molar-refractivity contribution in [2.75, 3.05) is 31.1 Å². The number of hydrogen-bond donors (Lipinski definition) is 3. The summed E-state index contributed by atoms with van der Waals surface area (Å²) < 4.78 is 0.982. The van der Waals surface area contributed by atoms with Gasteiger partial charge in [0, 0.05) is 75.8 Å². The standard InChI is InChI=1S/C33H30BrN5OS/c34-25-8-10-30-27(17-25)29(21-36-30)32-18-28(33(40)37-20-24-5-3-23(19-35)4-6-24)26-9-7-22(16-31(26)38-32)2-1-11-39-12-14-41-15-13-39/h3-10,16-18,21,36H,11-15,19-20,35H2,(H,37,40). The first-order chi connectivity index (χ1) is 20.1. The van der Waals surface area contributed by atoms with Crippen LogP contribution < -0.4 is 11.1 Å². The highest BCUT2D eigenvalue weighted by atomic mass is 79.9.